The van der Waals surface area contributed by atoms with E-state index in [1.807, 2.05) is 0 Å². The lowest BCUT2D eigenvalue weighted by atomic mass is 10.2. The monoisotopic (exact) mass is 457 g/mol. The number of anilines is 1. The van der Waals surface area contributed by atoms with Gasteiger partial charge in [-0.2, -0.15) is 0 Å². The Kier molecular flexibility index (Phi) is 7.34. The van der Waals surface area contributed by atoms with Gasteiger partial charge in [-0.3, -0.25) is 28.1 Å². The lowest BCUT2D eigenvalue weighted by Crippen LogP contribution is -2.41. The van der Waals surface area contributed by atoms with Crippen LogP contribution in [0.5, 0.6) is 0 Å². The molecule has 10 heteroatoms. The minimum absolute atomic E-state index is 0.141. The number of fused-ring (bicyclic) bond motifs is 1. The summed E-state index contributed by atoms with van der Waals surface area (Å²) in [5.41, 5.74) is 4.72. The summed E-state index contributed by atoms with van der Waals surface area (Å²) < 4.78 is 3.52. The molecular formula is C22H27N5O4S. The van der Waals surface area contributed by atoms with E-state index < -0.39 is 17.0 Å². The van der Waals surface area contributed by atoms with Crippen molar-refractivity contribution >= 4 is 34.3 Å². The number of thioether (sulfide) groups is 1. The van der Waals surface area contributed by atoms with Gasteiger partial charge in [0.1, 0.15) is 11.4 Å². The second-order valence-electron chi connectivity index (χ2n) is 7.61. The minimum atomic E-state index is -0.736. The normalized spacial score (nSPS) is 11.2. The molecule has 0 saturated carbocycles. The number of benzene rings is 1. The van der Waals surface area contributed by atoms with Crippen LogP contribution in [0.3, 0.4) is 0 Å². The van der Waals surface area contributed by atoms with Gasteiger partial charge in [-0.1, -0.05) is 50.1 Å². The molecule has 0 aliphatic heterocycles. The number of ketones is 1. The van der Waals surface area contributed by atoms with Crippen molar-refractivity contribution in [3.63, 3.8) is 0 Å². The molecule has 1 aromatic carbocycles. The third kappa shape index (κ3) is 4.55. The number of carbonyl (C=O) groups is 1. The zero-order valence-electron chi connectivity index (χ0n) is 18.5. The molecule has 9 nitrogen and oxygen atoms in total. The highest BCUT2D eigenvalue weighted by Gasteiger charge is 2.21. The molecule has 0 unspecified atom stereocenters. The predicted octanol–water partition coefficient (Wildman–Crippen LogP) is 1.93. The van der Waals surface area contributed by atoms with Gasteiger partial charge in [-0.25, -0.2) is 9.78 Å². The number of aromatic nitrogens is 4. The molecule has 0 aliphatic carbocycles. The second kappa shape index (κ2) is 9.99. The molecule has 2 aromatic heterocycles. The van der Waals surface area contributed by atoms with Crippen LogP contribution in [0, 0.1) is 0 Å². The molecule has 0 spiro atoms. The Morgan fingerprint density at radius 3 is 2.47 bits per heavy atom. The van der Waals surface area contributed by atoms with Crippen LogP contribution in [0.2, 0.25) is 0 Å². The summed E-state index contributed by atoms with van der Waals surface area (Å²) in [6.45, 7) is 2.61. The summed E-state index contributed by atoms with van der Waals surface area (Å²) in [6.07, 6.45) is 3.97. The maximum Gasteiger partial charge on any atom is 0.332 e. The van der Waals surface area contributed by atoms with Crippen LogP contribution in [-0.2, 0) is 20.6 Å². The van der Waals surface area contributed by atoms with E-state index in [4.69, 9.17) is 5.73 Å². The van der Waals surface area contributed by atoms with Crippen molar-refractivity contribution in [1.29, 1.82) is 0 Å². The first-order chi connectivity index (χ1) is 15.3. The maximum absolute atomic E-state index is 13.1. The van der Waals surface area contributed by atoms with E-state index in [2.05, 4.69) is 11.9 Å². The summed E-state index contributed by atoms with van der Waals surface area (Å²) in [4.78, 5) is 55.0. The van der Waals surface area contributed by atoms with Crippen LogP contribution in [0.25, 0.3) is 10.9 Å². The van der Waals surface area contributed by atoms with Crippen LogP contribution in [0.1, 0.15) is 43.0 Å². The van der Waals surface area contributed by atoms with Crippen molar-refractivity contribution in [1.82, 2.24) is 18.7 Å². The molecule has 170 valence electrons. The molecule has 32 heavy (non-hydrogen) atoms. The first-order valence-electron chi connectivity index (χ1n) is 10.5. The first kappa shape index (κ1) is 23.5. The number of nitrogen functional groups attached to an aromatic ring is 1. The first-order valence-corrected chi connectivity index (χ1v) is 11.5. The number of para-hydroxylation sites is 1. The minimum Gasteiger partial charge on any atom is -0.384 e. The second-order valence-corrected chi connectivity index (χ2v) is 8.55. The number of nitrogens with two attached hydrogens (primary N) is 1. The highest BCUT2D eigenvalue weighted by Crippen LogP contribution is 2.20. The molecule has 2 N–H and O–H groups in total. The van der Waals surface area contributed by atoms with Gasteiger partial charge < -0.3 is 5.73 Å². The van der Waals surface area contributed by atoms with Gasteiger partial charge in [-0.05, 0) is 18.6 Å². The highest BCUT2D eigenvalue weighted by molar-refractivity contribution is 7.99. The Labute approximate surface area is 188 Å². The quantitative estimate of drug-likeness (QED) is 0.225. The smallest absolute Gasteiger partial charge is 0.332 e. The fourth-order valence-electron chi connectivity index (χ4n) is 3.48. The number of hydrogen-bond acceptors (Lipinski definition) is 7. The van der Waals surface area contributed by atoms with E-state index in [1.54, 1.807) is 28.8 Å². The van der Waals surface area contributed by atoms with Crippen molar-refractivity contribution in [2.45, 2.75) is 44.3 Å². The Morgan fingerprint density at radius 1 is 1.03 bits per heavy atom. The fourth-order valence-corrected chi connectivity index (χ4v) is 4.37. The fraction of sp³-hybridized carbons (Fsp3) is 0.409. The molecular weight excluding hydrogens is 430 g/mol. The SMILES string of the molecule is CCCCCCn1c(SCC(=O)c2c(N)n(C)c(=O)n(C)c2=O)nc2ccccc2c1=O. The van der Waals surface area contributed by atoms with E-state index in [-0.39, 0.29) is 22.7 Å². The summed E-state index contributed by atoms with van der Waals surface area (Å²) >= 11 is 1.09. The van der Waals surface area contributed by atoms with Gasteiger partial charge in [0.15, 0.2) is 10.9 Å². The Bertz CT molecular complexity index is 1340. The molecule has 2 heterocycles. The van der Waals surface area contributed by atoms with Gasteiger partial charge in [0.2, 0.25) is 0 Å². The molecule has 0 aliphatic rings. The zero-order valence-corrected chi connectivity index (χ0v) is 19.3. The molecule has 3 aromatic rings. The lowest BCUT2D eigenvalue weighted by Gasteiger charge is -2.14. The molecule has 0 fully saturated rings. The molecule has 0 saturated heterocycles. The summed E-state index contributed by atoms with van der Waals surface area (Å²) in [6, 6.07) is 7.09. The van der Waals surface area contributed by atoms with Gasteiger partial charge in [-0.15, -0.1) is 0 Å². The lowest BCUT2D eigenvalue weighted by molar-refractivity contribution is 0.102. The van der Waals surface area contributed by atoms with Crippen LogP contribution < -0.4 is 22.5 Å². The van der Waals surface area contributed by atoms with Crippen molar-refractivity contribution in [3.8, 4) is 0 Å². The van der Waals surface area contributed by atoms with E-state index in [0.717, 1.165) is 46.6 Å². The van der Waals surface area contributed by atoms with Crippen molar-refractivity contribution in [2.24, 2.45) is 14.1 Å². The average molecular weight is 458 g/mol. The summed E-state index contributed by atoms with van der Waals surface area (Å²) in [5.74, 6) is -0.840. The zero-order chi connectivity index (χ0) is 23.4. The molecule has 0 amide bonds. The third-order valence-corrected chi connectivity index (χ3v) is 6.36. The third-order valence-electron chi connectivity index (χ3n) is 5.38. The predicted molar refractivity (Wildman–Crippen MR) is 127 cm³/mol. The van der Waals surface area contributed by atoms with E-state index >= 15 is 0 Å². The average Bonchev–Trinajstić information content (AvgIpc) is 2.79. The van der Waals surface area contributed by atoms with Crippen LogP contribution in [0.15, 0.2) is 43.8 Å². The summed E-state index contributed by atoms with van der Waals surface area (Å²) in [7, 11) is 2.70. The number of unbranched alkanes of at least 4 members (excludes halogenated alkanes) is 3. The van der Waals surface area contributed by atoms with E-state index in [0.29, 0.717) is 22.6 Å². The molecule has 0 radical (unpaired) electrons. The van der Waals surface area contributed by atoms with Crippen LogP contribution in [0.4, 0.5) is 5.82 Å². The Hall–Kier alpha value is -3.14. The standard InChI is InChI=1S/C22H27N5O4S/c1-4-5-6-9-12-27-19(29)14-10-7-8-11-15(14)24-21(27)32-13-16(28)17-18(23)25(2)22(31)26(3)20(17)30/h7-8,10-11H,4-6,9,12-13,23H2,1-3H3. The van der Waals surface area contributed by atoms with Gasteiger partial charge in [0.05, 0.1) is 16.7 Å². The van der Waals surface area contributed by atoms with E-state index in [1.165, 1.54) is 14.1 Å². The maximum atomic E-state index is 13.1. The molecule has 0 atom stereocenters. The largest absolute Gasteiger partial charge is 0.384 e. The van der Waals surface area contributed by atoms with E-state index in [9.17, 15) is 19.2 Å². The number of Topliss-reactive ketones (excluding diaryl/α,β-unsaturated/α-hetero) is 1. The summed E-state index contributed by atoms with van der Waals surface area (Å²) in [5, 5.41) is 0.939. The van der Waals surface area contributed by atoms with Crippen molar-refractivity contribution in [2.75, 3.05) is 11.5 Å². The molecule has 0 bridgehead atoms. The van der Waals surface area contributed by atoms with Crippen molar-refractivity contribution in [3.05, 3.63) is 61.0 Å². The number of rotatable bonds is 9. The van der Waals surface area contributed by atoms with Crippen molar-refractivity contribution < 1.29 is 4.79 Å². The van der Waals surface area contributed by atoms with Gasteiger partial charge in [0, 0.05) is 20.6 Å². The highest BCUT2D eigenvalue weighted by atomic mass is 32.2. The number of carbonyl (C=O) groups excluding carboxylic acids is 1. The van der Waals surface area contributed by atoms with Crippen LogP contribution in [-0.4, -0.2) is 30.2 Å². The number of hydrogen-bond donors (Lipinski definition) is 1. The topological polar surface area (TPSA) is 122 Å². The van der Waals surface area contributed by atoms with Crippen LogP contribution >= 0.6 is 11.8 Å². The van der Waals surface area contributed by atoms with Gasteiger partial charge >= 0.3 is 5.69 Å². The molecule has 3 rings (SSSR count). The Balaban J connectivity index is 1.95. The number of nitrogens with zero attached hydrogens (tertiary/aromatic N) is 4. The Morgan fingerprint density at radius 2 is 1.75 bits per heavy atom. The van der Waals surface area contributed by atoms with Gasteiger partial charge in [0.25, 0.3) is 11.1 Å².